The van der Waals surface area contributed by atoms with Crippen LogP contribution in [-0.4, -0.2) is 23.7 Å². The molecule has 1 fully saturated rings. The van der Waals surface area contributed by atoms with E-state index in [-0.39, 0.29) is 6.54 Å². The number of nitrogens with zero attached hydrogens (tertiary/aromatic N) is 1. The molecule has 0 radical (unpaired) electrons. The minimum absolute atomic E-state index is 0.0483. The van der Waals surface area contributed by atoms with E-state index in [1.165, 1.54) is 6.42 Å². The molecule has 1 unspecified atom stereocenters. The van der Waals surface area contributed by atoms with Crippen molar-refractivity contribution in [1.82, 2.24) is 0 Å². The number of carbonyl (C=O) groups is 1. The minimum Gasteiger partial charge on any atom is -0.480 e. The number of carboxylic acid groups (broad SMARTS) is 1. The molecule has 1 N–H and O–H groups in total. The smallest absolute Gasteiger partial charge is 0.323 e. The Kier molecular flexibility index (Phi) is 5.15. The summed E-state index contributed by atoms with van der Waals surface area (Å²) < 4.78 is 0. The molecular weight excluding hydrogens is 286 g/mol. The van der Waals surface area contributed by atoms with Crippen LogP contribution in [0.5, 0.6) is 0 Å². The average Bonchev–Trinajstić information content (AvgIpc) is 2.58. The molecule has 0 saturated heterocycles. The van der Waals surface area contributed by atoms with Crippen molar-refractivity contribution < 1.29 is 9.90 Å². The fraction of sp³-hybridized carbons (Fsp3) is 0.588. The summed E-state index contributed by atoms with van der Waals surface area (Å²) in [5.74, 6) is -0.784. The first kappa shape index (κ1) is 16.2. The number of carboxylic acids is 1. The lowest BCUT2D eigenvalue weighted by Gasteiger charge is -2.32. The van der Waals surface area contributed by atoms with Crippen LogP contribution < -0.4 is 4.90 Å². The molecule has 2 rings (SSSR count). The van der Waals surface area contributed by atoms with E-state index in [2.05, 4.69) is 13.8 Å². The normalized spacial score (nSPS) is 21.6. The van der Waals surface area contributed by atoms with Gasteiger partial charge in [-0.1, -0.05) is 31.9 Å². The van der Waals surface area contributed by atoms with Gasteiger partial charge in [0.1, 0.15) is 6.54 Å². The maximum absolute atomic E-state index is 11.2. The van der Waals surface area contributed by atoms with Gasteiger partial charge >= 0.3 is 5.97 Å². The zero-order valence-electron chi connectivity index (χ0n) is 12.8. The van der Waals surface area contributed by atoms with E-state index in [1.54, 1.807) is 0 Å². The molecule has 1 atom stereocenters. The van der Waals surface area contributed by atoms with Gasteiger partial charge in [0.05, 0.1) is 0 Å². The van der Waals surface area contributed by atoms with Crippen molar-refractivity contribution in [2.24, 2.45) is 5.41 Å². The van der Waals surface area contributed by atoms with Gasteiger partial charge in [0.15, 0.2) is 0 Å². The predicted octanol–water partition coefficient (Wildman–Crippen LogP) is 4.59. The average molecular weight is 310 g/mol. The molecule has 0 amide bonds. The second-order valence-electron chi connectivity index (χ2n) is 6.75. The summed E-state index contributed by atoms with van der Waals surface area (Å²) in [4.78, 5) is 13.3. The Hall–Kier alpha value is -1.22. The number of hydrogen-bond acceptors (Lipinski definition) is 2. The van der Waals surface area contributed by atoms with Crippen LogP contribution in [0.2, 0.25) is 5.02 Å². The molecule has 0 heterocycles. The van der Waals surface area contributed by atoms with E-state index >= 15 is 0 Å². The molecule has 0 bridgehead atoms. The second kappa shape index (κ2) is 6.69. The minimum atomic E-state index is -0.784. The van der Waals surface area contributed by atoms with E-state index in [0.717, 1.165) is 31.4 Å². The SMILES string of the molecule is CC1(C)CCCC(N(CC(=O)O)c2ccc(Cl)cc2)CC1. The van der Waals surface area contributed by atoms with Gasteiger partial charge in [0.2, 0.25) is 0 Å². The molecule has 3 nitrogen and oxygen atoms in total. The van der Waals surface area contributed by atoms with E-state index < -0.39 is 5.97 Å². The summed E-state index contributed by atoms with van der Waals surface area (Å²) in [5.41, 5.74) is 1.32. The van der Waals surface area contributed by atoms with Crippen LogP contribution in [0.4, 0.5) is 5.69 Å². The third-order valence-corrected chi connectivity index (χ3v) is 4.70. The Morgan fingerprint density at radius 1 is 1.29 bits per heavy atom. The van der Waals surface area contributed by atoms with Crippen LogP contribution >= 0.6 is 11.6 Å². The molecule has 1 aromatic rings. The molecule has 0 aliphatic heterocycles. The van der Waals surface area contributed by atoms with Crippen LogP contribution in [-0.2, 0) is 4.79 Å². The highest BCUT2D eigenvalue weighted by atomic mass is 35.5. The summed E-state index contributed by atoms with van der Waals surface area (Å²) in [5, 5.41) is 9.91. The largest absolute Gasteiger partial charge is 0.480 e. The topological polar surface area (TPSA) is 40.5 Å². The Balaban J connectivity index is 2.19. The predicted molar refractivity (Wildman–Crippen MR) is 87.1 cm³/mol. The van der Waals surface area contributed by atoms with Crippen LogP contribution in [0.3, 0.4) is 0 Å². The highest BCUT2D eigenvalue weighted by Crippen LogP contribution is 2.36. The van der Waals surface area contributed by atoms with Gasteiger partial charge in [-0.05, 0) is 55.4 Å². The first-order chi connectivity index (χ1) is 9.87. The number of hydrogen-bond donors (Lipinski definition) is 1. The van der Waals surface area contributed by atoms with E-state index in [9.17, 15) is 9.90 Å². The molecule has 116 valence electrons. The standard InChI is InChI=1S/C17H24ClNO2/c1-17(2)10-3-4-14(9-11-17)19(12-16(20)21)15-7-5-13(18)6-8-15/h5-8,14H,3-4,9-12H2,1-2H3,(H,20,21). The number of halogens is 1. The highest BCUT2D eigenvalue weighted by Gasteiger charge is 2.28. The molecule has 1 aliphatic rings. The van der Waals surface area contributed by atoms with Crippen molar-refractivity contribution in [1.29, 1.82) is 0 Å². The maximum Gasteiger partial charge on any atom is 0.323 e. The van der Waals surface area contributed by atoms with Crippen molar-refractivity contribution in [2.75, 3.05) is 11.4 Å². The molecule has 1 aliphatic carbocycles. The Morgan fingerprint density at radius 3 is 2.57 bits per heavy atom. The van der Waals surface area contributed by atoms with Gasteiger partial charge in [-0.2, -0.15) is 0 Å². The van der Waals surface area contributed by atoms with Gasteiger partial charge in [-0.15, -0.1) is 0 Å². The van der Waals surface area contributed by atoms with E-state index in [4.69, 9.17) is 11.6 Å². The third kappa shape index (κ3) is 4.63. The lowest BCUT2D eigenvalue weighted by atomic mass is 9.85. The zero-order chi connectivity index (χ0) is 15.5. The van der Waals surface area contributed by atoms with Crippen molar-refractivity contribution in [3.05, 3.63) is 29.3 Å². The van der Waals surface area contributed by atoms with Crippen LogP contribution in [0.1, 0.15) is 46.0 Å². The fourth-order valence-electron chi connectivity index (χ4n) is 3.16. The maximum atomic E-state index is 11.2. The van der Waals surface area contributed by atoms with Crippen LogP contribution in [0, 0.1) is 5.41 Å². The third-order valence-electron chi connectivity index (χ3n) is 4.45. The number of benzene rings is 1. The first-order valence-electron chi connectivity index (χ1n) is 7.61. The Bertz CT molecular complexity index is 484. The number of anilines is 1. The molecule has 4 heteroatoms. The summed E-state index contributed by atoms with van der Waals surface area (Å²) in [7, 11) is 0. The summed E-state index contributed by atoms with van der Waals surface area (Å²) >= 11 is 5.94. The molecule has 1 aromatic carbocycles. The quantitative estimate of drug-likeness (QED) is 0.827. The lowest BCUT2D eigenvalue weighted by molar-refractivity contribution is -0.135. The summed E-state index contributed by atoms with van der Waals surface area (Å²) in [6, 6.07) is 7.78. The molecule has 1 saturated carbocycles. The zero-order valence-corrected chi connectivity index (χ0v) is 13.6. The van der Waals surface area contributed by atoms with Gasteiger partial charge < -0.3 is 10.0 Å². The lowest BCUT2D eigenvalue weighted by Crippen LogP contribution is -2.39. The number of rotatable bonds is 4. The molecular formula is C17H24ClNO2. The van der Waals surface area contributed by atoms with E-state index in [0.29, 0.717) is 16.5 Å². The summed E-state index contributed by atoms with van der Waals surface area (Å²) in [6.45, 7) is 4.66. The van der Waals surface area contributed by atoms with Crippen LogP contribution in [0.25, 0.3) is 0 Å². The number of aliphatic carboxylic acids is 1. The van der Waals surface area contributed by atoms with Gasteiger partial charge in [0.25, 0.3) is 0 Å². The molecule has 0 aromatic heterocycles. The van der Waals surface area contributed by atoms with Crippen molar-refractivity contribution in [3.63, 3.8) is 0 Å². The Labute approximate surface area is 131 Å². The first-order valence-corrected chi connectivity index (χ1v) is 7.99. The van der Waals surface area contributed by atoms with Gasteiger partial charge in [-0.3, -0.25) is 4.79 Å². The van der Waals surface area contributed by atoms with Gasteiger partial charge in [-0.25, -0.2) is 0 Å². The molecule has 21 heavy (non-hydrogen) atoms. The molecule has 0 spiro atoms. The Morgan fingerprint density at radius 2 is 1.95 bits per heavy atom. The van der Waals surface area contributed by atoms with Gasteiger partial charge in [0, 0.05) is 16.8 Å². The fourth-order valence-corrected chi connectivity index (χ4v) is 3.29. The van der Waals surface area contributed by atoms with E-state index in [1.807, 2.05) is 29.2 Å². The van der Waals surface area contributed by atoms with Crippen LogP contribution in [0.15, 0.2) is 24.3 Å². The van der Waals surface area contributed by atoms with Crippen molar-refractivity contribution in [2.45, 2.75) is 52.0 Å². The second-order valence-corrected chi connectivity index (χ2v) is 7.18. The van der Waals surface area contributed by atoms with Crippen molar-refractivity contribution >= 4 is 23.3 Å². The monoisotopic (exact) mass is 309 g/mol. The highest BCUT2D eigenvalue weighted by molar-refractivity contribution is 6.30. The van der Waals surface area contributed by atoms with Crippen molar-refractivity contribution in [3.8, 4) is 0 Å². The summed E-state index contributed by atoms with van der Waals surface area (Å²) in [6.07, 6.45) is 5.61.